The van der Waals surface area contributed by atoms with Crippen LogP contribution < -0.4 is 10.5 Å². The highest BCUT2D eigenvalue weighted by atomic mass is 35.5. The number of methoxy groups -OCH3 is 1. The van der Waals surface area contributed by atoms with Crippen LogP contribution in [0.1, 0.15) is 25.8 Å². The summed E-state index contributed by atoms with van der Waals surface area (Å²) in [5.41, 5.74) is 6.59. The highest BCUT2D eigenvalue weighted by molar-refractivity contribution is 7.89. The molecule has 0 spiro atoms. The number of hydrogen-bond acceptors (Lipinski definition) is 4. The van der Waals surface area contributed by atoms with E-state index in [0.29, 0.717) is 22.7 Å². The molecule has 1 aromatic carbocycles. The molecule has 0 bridgehead atoms. The molecule has 5 nitrogen and oxygen atoms in total. The Balaban J connectivity index is 2.25. The van der Waals surface area contributed by atoms with E-state index in [9.17, 15) is 8.42 Å². The van der Waals surface area contributed by atoms with Gasteiger partial charge in [-0.2, -0.15) is 0 Å². The first-order valence-corrected chi connectivity index (χ1v) is 8.56. The topological polar surface area (TPSA) is 81.4 Å². The van der Waals surface area contributed by atoms with Crippen molar-refractivity contribution in [2.24, 2.45) is 5.41 Å². The second-order valence-electron chi connectivity index (χ2n) is 6.07. The largest absolute Gasteiger partial charge is 0.398 e. The minimum absolute atomic E-state index is 0.0527. The maximum absolute atomic E-state index is 12.5. The minimum Gasteiger partial charge on any atom is -0.398 e. The first-order valence-electron chi connectivity index (χ1n) is 6.70. The SMILES string of the molecule is COC1CC(NS(=O)(=O)c2cc(N)c(C)c(Cl)c2)C1(C)C. The van der Waals surface area contributed by atoms with Crippen LogP contribution in [0.4, 0.5) is 5.69 Å². The predicted molar refractivity (Wildman–Crippen MR) is 83.9 cm³/mol. The van der Waals surface area contributed by atoms with Gasteiger partial charge in [0, 0.05) is 29.3 Å². The summed E-state index contributed by atoms with van der Waals surface area (Å²) in [5, 5.41) is 0.345. The van der Waals surface area contributed by atoms with E-state index >= 15 is 0 Å². The van der Waals surface area contributed by atoms with Gasteiger partial charge in [0.25, 0.3) is 0 Å². The molecule has 21 heavy (non-hydrogen) atoms. The first kappa shape index (κ1) is 16.5. The monoisotopic (exact) mass is 332 g/mol. The Morgan fingerprint density at radius 2 is 2.05 bits per heavy atom. The van der Waals surface area contributed by atoms with Gasteiger partial charge in [-0.15, -0.1) is 0 Å². The average Bonchev–Trinajstić information content (AvgIpc) is 2.39. The van der Waals surface area contributed by atoms with Crippen LogP contribution >= 0.6 is 11.6 Å². The fourth-order valence-corrected chi connectivity index (χ4v) is 4.33. The average molecular weight is 333 g/mol. The minimum atomic E-state index is -3.65. The van der Waals surface area contributed by atoms with Crippen molar-refractivity contribution in [2.75, 3.05) is 12.8 Å². The fourth-order valence-electron chi connectivity index (χ4n) is 2.57. The van der Waals surface area contributed by atoms with Gasteiger partial charge in [0.2, 0.25) is 10.0 Å². The Morgan fingerprint density at radius 1 is 1.43 bits per heavy atom. The molecule has 0 aliphatic heterocycles. The van der Waals surface area contributed by atoms with E-state index in [4.69, 9.17) is 22.1 Å². The molecule has 7 heteroatoms. The predicted octanol–water partition coefficient (Wildman–Crippen LogP) is 2.32. The van der Waals surface area contributed by atoms with Crippen LogP contribution in [0.25, 0.3) is 0 Å². The van der Waals surface area contributed by atoms with Gasteiger partial charge in [-0.05, 0) is 31.0 Å². The van der Waals surface area contributed by atoms with Gasteiger partial charge in [-0.1, -0.05) is 25.4 Å². The number of sulfonamides is 1. The lowest BCUT2D eigenvalue weighted by Crippen LogP contribution is -2.61. The molecular weight excluding hydrogens is 312 g/mol. The Bertz CT molecular complexity index is 635. The molecule has 118 valence electrons. The lowest BCUT2D eigenvalue weighted by atomic mass is 9.65. The summed E-state index contributed by atoms with van der Waals surface area (Å²) in [5.74, 6) is 0. The van der Waals surface area contributed by atoms with Gasteiger partial charge in [0.05, 0.1) is 11.0 Å². The third-order valence-electron chi connectivity index (χ3n) is 4.43. The molecule has 2 atom stereocenters. The molecule has 0 aromatic heterocycles. The van der Waals surface area contributed by atoms with Gasteiger partial charge in [-0.3, -0.25) is 0 Å². The molecule has 3 N–H and O–H groups in total. The van der Waals surface area contributed by atoms with Crippen molar-refractivity contribution in [1.82, 2.24) is 4.72 Å². The smallest absolute Gasteiger partial charge is 0.240 e. The van der Waals surface area contributed by atoms with E-state index in [1.807, 2.05) is 13.8 Å². The van der Waals surface area contributed by atoms with Crippen LogP contribution in [0.3, 0.4) is 0 Å². The zero-order valence-electron chi connectivity index (χ0n) is 12.6. The summed E-state index contributed by atoms with van der Waals surface area (Å²) in [6.07, 6.45) is 0.703. The lowest BCUT2D eigenvalue weighted by Gasteiger charge is -2.50. The summed E-state index contributed by atoms with van der Waals surface area (Å²) >= 11 is 6.02. The van der Waals surface area contributed by atoms with E-state index in [0.717, 1.165) is 0 Å². The summed E-state index contributed by atoms with van der Waals surface area (Å²) in [6, 6.07) is 2.69. The molecular formula is C14H21ClN2O3S. The maximum Gasteiger partial charge on any atom is 0.240 e. The molecule has 1 aliphatic rings. The molecule has 1 saturated carbocycles. The molecule has 1 aliphatic carbocycles. The van der Waals surface area contributed by atoms with Gasteiger partial charge >= 0.3 is 0 Å². The normalized spacial score (nSPS) is 24.6. The number of ether oxygens (including phenoxy) is 1. The maximum atomic E-state index is 12.5. The second kappa shape index (κ2) is 5.43. The quantitative estimate of drug-likeness (QED) is 0.829. The second-order valence-corrected chi connectivity index (χ2v) is 8.20. The highest BCUT2D eigenvalue weighted by Crippen LogP contribution is 2.43. The van der Waals surface area contributed by atoms with Crippen molar-refractivity contribution in [1.29, 1.82) is 0 Å². The van der Waals surface area contributed by atoms with Crippen LogP contribution in [0.15, 0.2) is 17.0 Å². The van der Waals surface area contributed by atoms with Crippen LogP contribution in [0.5, 0.6) is 0 Å². The molecule has 0 heterocycles. The van der Waals surface area contributed by atoms with E-state index < -0.39 is 10.0 Å². The number of nitrogens with two attached hydrogens (primary N) is 1. The lowest BCUT2D eigenvalue weighted by molar-refractivity contribution is -0.0908. The number of nitrogens with one attached hydrogen (secondary N) is 1. The van der Waals surface area contributed by atoms with Crippen molar-refractivity contribution in [3.05, 3.63) is 22.7 Å². The molecule has 2 unspecified atom stereocenters. The van der Waals surface area contributed by atoms with E-state index in [1.54, 1.807) is 14.0 Å². The zero-order chi connectivity index (χ0) is 16.0. The number of anilines is 1. The van der Waals surface area contributed by atoms with Crippen LogP contribution in [0.2, 0.25) is 5.02 Å². The van der Waals surface area contributed by atoms with E-state index in [2.05, 4.69) is 4.72 Å². The first-order chi connectivity index (χ1) is 9.59. The van der Waals surface area contributed by atoms with Crippen molar-refractivity contribution in [2.45, 2.75) is 44.2 Å². The van der Waals surface area contributed by atoms with Crippen LogP contribution in [0, 0.1) is 12.3 Å². The van der Waals surface area contributed by atoms with E-state index in [-0.39, 0.29) is 22.5 Å². The van der Waals surface area contributed by atoms with Gasteiger partial charge < -0.3 is 10.5 Å². The molecule has 0 saturated heterocycles. The summed E-state index contributed by atoms with van der Waals surface area (Å²) < 4.78 is 33.0. The number of hydrogen-bond donors (Lipinski definition) is 2. The number of benzene rings is 1. The Morgan fingerprint density at radius 3 is 2.52 bits per heavy atom. The third kappa shape index (κ3) is 2.90. The van der Waals surface area contributed by atoms with Crippen molar-refractivity contribution >= 4 is 27.3 Å². The number of rotatable bonds is 4. The number of nitrogen functional groups attached to an aromatic ring is 1. The molecule has 1 fully saturated rings. The summed E-state index contributed by atoms with van der Waals surface area (Å²) in [4.78, 5) is 0.0901. The molecule has 2 rings (SSSR count). The van der Waals surface area contributed by atoms with Gasteiger partial charge in [0.1, 0.15) is 0 Å². The molecule has 0 amide bonds. The van der Waals surface area contributed by atoms with Crippen molar-refractivity contribution in [3.8, 4) is 0 Å². The number of halogens is 1. The van der Waals surface area contributed by atoms with E-state index in [1.165, 1.54) is 12.1 Å². The summed E-state index contributed by atoms with van der Waals surface area (Å²) in [6.45, 7) is 5.71. The van der Waals surface area contributed by atoms with Crippen LogP contribution in [-0.2, 0) is 14.8 Å². The van der Waals surface area contributed by atoms with Crippen molar-refractivity contribution in [3.63, 3.8) is 0 Å². The fraction of sp³-hybridized carbons (Fsp3) is 0.571. The Kier molecular flexibility index (Phi) is 4.28. The van der Waals surface area contributed by atoms with Crippen molar-refractivity contribution < 1.29 is 13.2 Å². The Hall–Kier alpha value is -0.820. The Labute approximate surface area is 130 Å². The summed E-state index contributed by atoms with van der Waals surface area (Å²) in [7, 11) is -2.02. The standard InChI is InChI=1S/C14H21ClN2O3S/c1-8-10(15)5-9(6-11(8)16)21(18,19)17-12-7-13(20-4)14(12,2)3/h5-6,12-13,17H,7,16H2,1-4H3. The van der Waals surface area contributed by atoms with Crippen LogP contribution in [-0.4, -0.2) is 27.7 Å². The molecule has 0 radical (unpaired) electrons. The van der Waals surface area contributed by atoms with Gasteiger partial charge in [-0.25, -0.2) is 13.1 Å². The van der Waals surface area contributed by atoms with Gasteiger partial charge in [0.15, 0.2) is 0 Å². The highest BCUT2D eigenvalue weighted by Gasteiger charge is 2.50. The molecule has 1 aromatic rings. The third-order valence-corrected chi connectivity index (χ3v) is 6.27. The zero-order valence-corrected chi connectivity index (χ0v) is 14.2.